The van der Waals surface area contributed by atoms with Crippen molar-refractivity contribution >= 4 is 5.91 Å². The molecule has 2 N–H and O–H groups in total. The van der Waals surface area contributed by atoms with E-state index < -0.39 is 0 Å². The molecule has 1 aromatic rings. The first kappa shape index (κ1) is 11.1. The first-order valence-corrected chi connectivity index (χ1v) is 5.73. The number of amides is 1. The van der Waals surface area contributed by atoms with Gasteiger partial charge in [-0.15, -0.1) is 0 Å². The highest BCUT2D eigenvalue weighted by Gasteiger charge is 2.23. The highest BCUT2D eigenvalue weighted by atomic mass is 16.2. The van der Waals surface area contributed by atoms with Crippen LogP contribution in [0.25, 0.3) is 0 Å². The fraction of sp³-hybridized carbons (Fsp3) is 0.462. The van der Waals surface area contributed by atoms with Crippen molar-refractivity contribution in [2.45, 2.75) is 20.3 Å². The SMILES string of the molecule is Cc1cc2c(cc1C)C(=O)N(CCN)CC2. The van der Waals surface area contributed by atoms with Crippen LogP contribution in [0.2, 0.25) is 0 Å². The predicted octanol–water partition coefficient (Wildman–Crippen LogP) is 1.26. The van der Waals surface area contributed by atoms with E-state index in [0.717, 1.165) is 18.5 Å². The van der Waals surface area contributed by atoms with E-state index in [1.165, 1.54) is 16.7 Å². The van der Waals surface area contributed by atoms with Crippen LogP contribution in [0.4, 0.5) is 0 Å². The standard InChI is InChI=1S/C13H18N2O/c1-9-7-11-3-5-15(6-4-14)13(16)12(11)8-10(9)2/h7-8H,3-6,14H2,1-2H3. The summed E-state index contributed by atoms with van der Waals surface area (Å²) in [5.74, 6) is 0.134. The van der Waals surface area contributed by atoms with Gasteiger partial charge in [-0.1, -0.05) is 6.07 Å². The highest BCUT2D eigenvalue weighted by Crippen LogP contribution is 2.22. The van der Waals surface area contributed by atoms with Gasteiger partial charge in [0, 0.05) is 25.2 Å². The Labute approximate surface area is 96.2 Å². The molecule has 16 heavy (non-hydrogen) atoms. The normalized spacial score (nSPS) is 15.2. The zero-order valence-corrected chi connectivity index (χ0v) is 9.92. The minimum Gasteiger partial charge on any atom is -0.337 e. The summed E-state index contributed by atoms with van der Waals surface area (Å²) in [6, 6.07) is 4.15. The average molecular weight is 218 g/mol. The van der Waals surface area contributed by atoms with Gasteiger partial charge in [0.2, 0.25) is 0 Å². The molecule has 0 atom stereocenters. The van der Waals surface area contributed by atoms with Gasteiger partial charge in [-0.05, 0) is 43.0 Å². The van der Waals surface area contributed by atoms with E-state index in [4.69, 9.17) is 5.73 Å². The number of carbonyl (C=O) groups excluding carboxylic acids is 1. The Hall–Kier alpha value is -1.35. The van der Waals surface area contributed by atoms with E-state index >= 15 is 0 Å². The number of aryl methyl sites for hydroxylation is 2. The lowest BCUT2D eigenvalue weighted by Gasteiger charge is -2.28. The number of carbonyl (C=O) groups is 1. The molecular weight excluding hydrogens is 200 g/mol. The summed E-state index contributed by atoms with van der Waals surface area (Å²) in [5, 5.41) is 0. The third kappa shape index (κ3) is 1.83. The van der Waals surface area contributed by atoms with Gasteiger partial charge in [0.25, 0.3) is 5.91 Å². The smallest absolute Gasteiger partial charge is 0.254 e. The molecule has 0 radical (unpaired) electrons. The molecule has 1 amide bonds. The van der Waals surface area contributed by atoms with Crippen LogP contribution in [0.5, 0.6) is 0 Å². The molecule has 2 rings (SSSR count). The van der Waals surface area contributed by atoms with E-state index in [2.05, 4.69) is 13.0 Å². The van der Waals surface area contributed by atoms with Gasteiger partial charge in [0.15, 0.2) is 0 Å². The minimum absolute atomic E-state index is 0.134. The lowest BCUT2D eigenvalue weighted by atomic mass is 9.94. The Bertz CT molecular complexity index is 426. The summed E-state index contributed by atoms with van der Waals surface area (Å²) in [5.41, 5.74) is 9.99. The minimum atomic E-state index is 0.134. The van der Waals surface area contributed by atoms with Crippen LogP contribution in [-0.4, -0.2) is 30.4 Å². The van der Waals surface area contributed by atoms with E-state index in [0.29, 0.717) is 13.1 Å². The molecule has 1 aliphatic heterocycles. The van der Waals surface area contributed by atoms with Crippen molar-refractivity contribution in [2.24, 2.45) is 5.73 Å². The Morgan fingerprint density at radius 1 is 1.31 bits per heavy atom. The number of rotatable bonds is 2. The maximum Gasteiger partial charge on any atom is 0.254 e. The maximum absolute atomic E-state index is 12.1. The van der Waals surface area contributed by atoms with Gasteiger partial charge in [-0.25, -0.2) is 0 Å². The molecule has 1 aromatic carbocycles. The predicted molar refractivity (Wildman–Crippen MR) is 64.6 cm³/mol. The Kier molecular flexibility index (Phi) is 2.97. The van der Waals surface area contributed by atoms with Crippen LogP contribution in [0.3, 0.4) is 0 Å². The summed E-state index contributed by atoms with van der Waals surface area (Å²) in [6.07, 6.45) is 0.947. The molecule has 1 aliphatic rings. The molecule has 0 aromatic heterocycles. The summed E-state index contributed by atoms with van der Waals surface area (Å²) >= 11 is 0. The molecule has 3 nitrogen and oxygen atoms in total. The summed E-state index contributed by atoms with van der Waals surface area (Å²) in [6.45, 7) is 6.12. The molecule has 1 heterocycles. The van der Waals surface area contributed by atoms with E-state index in [-0.39, 0.29) is 5.91 Å². The number of hydrogen-bond donors (Lipinski definition) is 1. The fourth-order valence-corrected chi connectivity index (χ4v) is 2.18. The maximum atomic E-state index is 12.1. The lowest BCUT2D eigenvalue weighted by Crippen LogP contribution is -2.40. The van der Waals surface area contributed by atoms with Gasteiger partial charge in [0.05, 0.1) is 0 Å². The van der Waals surface area contributed by atoms with Crippen LogP contribution in [-0.2, 0) is 6.42 Å². The highest BCUT2D eigenvalue weighted by molar-refractivity contribution is 5.97. The first-order chi connectivity index (χ1) is 7.63. The Morgan fingerprint density at radius 2 is 2.00 bits per heavy atom. The number of hydrogen-bond acceptors (Lipinski definition) is 2. The van der Waals surface area contributed by atoms with Crippen molar-refractivity contribution in [3.8, 4) is 0 Å². The van der Waals surface area contributed by atoms with Crippen molar-refractivity contribution in [2.75, 3.05) is 19.6 Å². The van der Waals surface area contributed by atoms with Crippen LogP contribution in [0, 0.1) is 13.8 Å². The second kappa shape index (κ2) is 4.26. The molecule has 0 aliphatic carbocycles. The van der Waals surface area contributed by atoms with Crippen LogP contribution in [0.15, 0.2) is 12.1 Å². The third-order valence-corrected chi connectivity index (χ3v) is 3.29. The Balaban J connectivity index is 2.37. The molecule has 0 spiro atoms. The zero-order valence-electron chi connectivity index (χ0n) is 9.92. The van der Waals surface area contributed by atoms with Crippen molar-refractivity contribution in [1.82, 2.24) is 4.90 Å². The third-order valence-electron chi connectivity index (χ3n) is 3.29. The number of nitrogens with zero attached hydrogens (tertiary/aromatic N) is 1. The van der Waals surface area contributed by atoms with E-state index in [1.54, 1.807) is 0 Å². The number of benzene rings is 1. The largest absolute Gasteiger partial charge is 0.337 e. The molecule has 0 fully saturated rings. The summed E-state index contributed by atoms with van der Waals surface area (Å²) in [7, 11) is 0. The molecule has 0 saturated heterocycles. The summed E-state index contributed by atoms with van der Waals surface area (Å²) < 4.78 is 0. The van der Waals surface area contributed by atoms with Crippen LogP contribution < -0.4 is 5.73 Å². The van der Waals surface area contributed by atoms with Crippen molar-refractivity contribution in [3.63, 3.8) is 0 Å². The fourth-order valence-electron chi connectivity index (χ4n) is 2.18. The second-order valence-electron chi connectivity index (χ2n) is 4.42. The van der Waals surface area contributed by atoms with Crippen LogP contribution in [0.1, 0.15) is 27.0 Å². The molecule has 0 bridgehead atoms. The monoisotopic (exact) mass is 218 g/mol. The van der Waals surface area contributed by atoms with Crippen LogP contribution >= 0.6 is 0 Å². The molecular formula is C13H18N2O. The molecule has 86 valence electrons. The van der Waals surface area contributed by atoms with Crippen molar-refractivity contribution in [1.29, 1.82) is 0 Å². The Morgan fingerprint density at radius 3 is 2.69 bits per heavy atom. The van der Waals surface area contributed by atoms with Gasteiger partial charge in [-0.2, -0.15) is 0 Å². The molecule has 0 saturated carbocycles. The number of nitrogens with two attached hydrogens (primary N) is 1. The van der Waals surface area contributed by atoms with Gasteiger partial charge in [-0.3, -0.25) is 4.79 Å². The van der Waals surface area contributed by atoms with Crippen molar-refractivity contribution < 1.29 is 4.79 Å². The van der Waals surface area contributed by atoms with Gasteiger partial charge >= 0.3 is 0 Å². The lowest BCUT2D eigenvalue weighted by molar-refractivity contribution is 0.0744. The van der Waals surface area contributed by atoms with Crippen molar-refractivity contribution in [3.05, 3.63) is 34.4 Å². The van der Waals surface area contributed by atoms with E-state index in [9.17, 15) is 4.79 Å². The molecule has 3 heteroatoms. The van der Waals surface area contributed by atoms with Gasteiger partial charge in [0.1, 0.15) is 0 Å². The average Bonchev–Trinajstić information content (AvgIpc) is 2.26. The summed E-state index contributed by atoms with van der Waals surface area (Å²) in [4.78, 5) is 14.0. The number of fused-ring (bicyclic) bond motifs is 1. The van der Waals surface area contributed by atoms with Gasteiger partial charge < -0.3 is 10.6 Å². The molecule has 0 unspecified atom stereocenters. The quantitative estimate of drug-likeness (QED) is 0.812. The first-order valence-electron chi connectivity index (χ1n) is 5.73. The zero-order chi connectivity index (χ0) is 11.7. The second-order valence-corrected chi connectivity index (χ2v) is 4.42. The van der Waals surface area contributed by atoms with E-state index in [1.807, 2.05) is 17.9 Å². The topological polar surface area (TPSA) is 46.3 Å².